The number of esters is 2. The van der Waals surface area contributed by atoms with Crippen molar-refractivity contribution in [2.24, 2.45) is 0 Å². The summed E-state index contributed by atoms with van der Waals surface area (Å²) >= 11 is 0. The lowest BCUT2D eigenvalue weighted by atomic mass is 10.1. The maximum Gasteiger partial charge on any atom is 0.374 e. The smallest absolute Gasteiger partial charge is 0.374 e. The maximum atomic E-state index is 12.9. The standard InChI is InChI=1S/C21H19N3O6/c1-12(2)24-19-15(10-22-24)14(9-16(23-19)17-5-4-7-28-17)20(25)30-11-13-6-8-29-18(13)21(26)27-3/h4-10,12H,11H2,1-3H3. The Balaban J connectivity index is 1.70. The number of rotatable bonds is 6. The van der Waals surface area contributed by atoms with Crippen LogP contribution in [0.4, 0.5) is 0 Å². The molecule has 0 unspecified atom stereocenters. The minimum absolute atomic E-state index is 0.00548. The molecule has 0 aliphatic heterocycles. The molecule has 4 aromatic rings. The van der Waals surface area contributed by atoms with E-state index >= 15 is 0 Å². The number of carbonyl (C=O) groups excluding carboxylic acids is 2. The van der Waals surface area contributed by atoms with Crippen LogP contribution in [0.5, 0.6) is 0 Å². The molecule has 4 aromatic heterocycles. The van der Waals surface area contributed by atoms with Crippen molar-refractivity contribution in [1.29, 1.82) is 0 Å². The van der Waals surface area contributed by atoms with E-state index in [4.69, 9.17) is 13.6 Å². The predicted molar refractivity (Wildman–Crippen MR) is 105 cm³/mol. The molecule has 0 radical (unpaired) electrons. The number of fused-ring (bicyclic) bond motifs is 1. The van der Waals surface area contributed by atoms with Crippen molar-refractivity contribution in [1.82, 2.24) is 14.8 Å². The summed E-state index contributed by atoms with van der Waals surface area (Å²) in [5.41, 5.74) is 1.73. The highest BCUT2D eigenvalue weighted by atomic mass is 16.5. The zero-order chi connectivity index (χ0) is 21.3. The van der Waals surface area contributed by atoms with Crippen molar-refractivity contribution in [3.8, 4) is 11.5 Å². The highest BCUT2D eigenvalue weighted by Gasteiger charge is 2.22. The normalized spacial score (nSPS) is 11.2. The van der Waals surface area contributed by atoms with E-state index in [1.807, 2.05) is 13.8 Å². The second-order valence-corrected chi connectivity index (χ2v) is 6.80. The molecule has 0 spiro atoms. The fourth-order valence-electron chi connectivity index (χ4n) is 3.06. The first kappa shape index (κ1) is 19.4. The molecule has 0 amide bonds. The first-order chi connectivity index (χ1) is 14.5. The molecule has 4 heterocycles. The Morgan fingerprint density at radius 3 is 2.70 bits per heavy atom. The molecular weight excluding hydrogens is 390 g/mol. The quantitative estimate of drug-likeness (QED) is 0.439. The van der Waals surface area contributed by atoms with Crippen molar-refractivity contribution < 1.29 is 27.9 Å². The van der Waals surface area contributed by atoms with Gasteiger partial charge in [-0.25, -0.2) is 19.3 Å². The number of pyridine rings is 1. The Hall–Kier alpha value is -3.88. The van der Waals surface area contributed by atoms with Crippen LogP contribution in [0.25, 0.3) is 22.5 Å². The highest BCUT2D eigenvalue weighted by molar-refractivity contribution is 6.03. The molecule has 0 aromatic carbocycles. The number of methoxy groups -OCH3 is 1. The Kier molecular flexibility index (Phi) is 5.09. The van der Waals surface area contributed by atoms with Gasteiger partial charge in [0.2, 0.25) is 5.76 Å². The highest BCUT2D eigenvalue weighted by Crippen LogP contribution is 2.27. The van der Waals surface area contributed by atoms with Gasteiger partial charge in [-0.2, -0.15) is 5.10 Å². The number of furan rings is 2. The van der Waals surface area contributed by atoms with Crippen molar-refractivity contribution in [2.45, 2.75) is 26.5 Å². The van der Waals surface area contributed by atoms with Crippen LogP contribution in [0.2, 0.25) is 0 Å². The fraction of sp³-hybridized carbons (Fsp3) is 0.238. The summed E-state index contributed by atoms with van der Waals surface area (Å²) in [6.45, 7) is 3.79. The third-order valence-corrected chi connectivity index (χ3v) is 4.53. The van der Waals surface area contributed by atoms with Crippen LogP contribution in [0.3, 0.4) is 0 Å². The second kappa shape index (κ2) is 7.86. The fourth-order valence-corrected chi connectivity index (χ4v) is 3.06. The van der Waals surface area contributed by atoms with Gasteiger partial charge in [0.05, 0.1) is 36.8 Å². The van der Waals surface area contributed by atoms with Crippen LogP contribution in [0.15, 0.2) is 51.8 Å². The van der Waals surface area contributed by atoms with E-state index in [0.29, 0.717) is 33.6 Å². The molecule has 0 aliphatic carbocycles. The van der Waals surface area contributed by atoms with E-state index in [2.05, 4.69) is 14.8 Å². The first-order valence-electron chi connectivity index (χ1n) is 9.23. The third kappa shape index (κ3) is 3.45. The van der Waals surface area contributed by atoms with E-state index < -0.39 is 11.9 Å². The summed E-state index contributed by atoms with van der Waals surface area (Å²) in [6, 6.07) is 6.69. The lowest BCUT2D eigenvalue weighted by Crippen LogP contribution is -2.10. The molecule has 0 saturated carbocycles. The molecule has 0 bridgehead atoms. The van der Waals surface area contributed by atoms with Gasteiger partial charge in [0.25, 0.3) is 0 Å². The van der Waals surface area contributed by atoms with Crippen molar-refractivity contribution in [2.75, 3.05) is 7.11 Å². The van der Waals surface area contributed by atoms with E-state index in [1.165, 1.54) is 19.6 Å². The Morgan fingerprint density at radius 1 is 1.17 bits per heavy atom. The molecule has 0 aliphatic rings. The van der Waals surface area contributed by atoms with Crippen LogP contribution in [0, 0.1) is 0 Å². The van der Waals surface area contributed by atoms with Gasteiger partial charge >= 0.3 is 11.9 Å². The lowest BCUT2D eigenvalue weighted by molar-refractivity contribution is 0.0455. The van der Waals surface area contributed by atoms with E-state index in [1.54, 1.807) is 35.1 Å². The summed E-state index contributed by atoms with van der Waals surface area (Å²) in [5.74, 6) is -0.717. The third-order valence-electron chi connectivity index (χ3n) is 4.53. The average Bonchev–Trinajstić information content (AvgIpc) is 3.50. The summed E-state index contributed by atoms with van der Waals surface area (Å²) in [7, 11) is 1.25. The Labute approximate surface area is 171 Å². The molecule has 0 saturated heterocycles. The van der Waals surface area contributed by atoms with Gasteiger partial charge in [-0.15, -0.1) is 0 Å². The average molecular weight is 409 g/mol. The van der Waals surface area contributed by atoms with Gasteiger partial charge in [-0.1, -0.05) is 0 Å². The van der Waals surface area contributed by atoms with Gasteiger partial charge < -0.3 is 18.3 Å². The number of carbonyl (C=O) groups is 2. The van der Waals surface area contributed by atoms with Crippen LogP contribution in [-0.4, -0.2) is 33.8 Å². The number of aromatic nitrogens is 3. The van der Waals surface area contributed by atoms with E-state index in [9.17, 15) is 9.59 Å². The van der Waals surface area contributed by atoms with E-state index in [0.717, 1.165) is 0 Å². The zero-order valence-corrected chi connectivity index (χ0v) is 16.6. The number of ether oxygens (including phenoxy) is 2. The van der Waals surface area contributed by atoms with Gasteiger partial charge in [0.15, 0.2) is 11.4 Å². The predicted octanol–water partition coefficient (Wildman–Crippen LogP) is 4.01. The van der Waals surface area contributed by atoms with Crippen LogP contribution >= 0.6 is 0 Å². The molecule has 154 valence electrons. The van der Waals surface area contributed by atoms with Crippen molar-refractivity contribution in [3.63, 3.8) is 0 Å². The van der Waals surface area contributed by atoms with Crippen LogP contribution in [-0.2, 0) is 16.1 Å². The van der Waals surface area contributed by atoms with Gasteiger partial charge in [0.1, 0.15) is 12.3 Å². The minimum atomic E-state index is -0.643. The summed E-state index contributed by atoms with van der Waals surface area (Å²) in [6.07, 6.45) is 4.45. The molecule has 9 nitrogen and oxygen atoms in total. The van der Waals surface area contributed by atoms with Gasteiger partial charge in [-0.3, -0.25) is 0 Å². The molecular formula is C21H19N3O6. The van der Waals surface area contributed by atoms with Crippen molar-refractivity contribution in [3.05, 3.63) is 59.9 Å². The van der Waals surface area contributed by atoms with Crippen molar-refractivity contribution >= 4 is 23.0 Å². The molecule has 0 atom stereocenters. The van der Waals surface area contributed by atoms with Crippen LogP contribution < -0.4 is 0 Å². The number of hydrogen-bond donors (Lipinski definition) is 0. The summed E-state index contributed by atoms with van der Waals surface area (Å²) < 4.78 is 22.4. The maximum absolute atomic E-state index is 12.9. The number of nitrogens with zero attached hydrogens (tertiary/aromatic N) is 3. The molecule has 0 N–H and O–H groups in total. The summed E-state index contributed by atoms with van der Waals surface area (Å²) in [5, 5.41) is 4.92. The SMILES string of the molecule is COC(=O)c1occc1COC(=O)c1cc(-c2ccco2)nc2c1cnn2C(C)C. The first-order valence-corrected chi connectivity index (χ1v) is 9.23. The Bertz CT molecular complexity index is 1200. The topological polar surface area (TPSA) is 110 Å². The molecule has 30 heavy (non-hydrogen) atoms. The largest absolute Gasteiger partial charge is 0.463 e. The van der Waals surface area contributed by atoms with Gasteiger partial charge in [-0.05, 0) is 38.1 Å². The number of hydrogen-bond acceptors (Lipinski definition) is 8. The van der Waals surface area contributed by atoms with Crippen LogP contribution in [0.1, 0.15) is 46.4 Å². The summed E-state index contributed by atoms with van der Waals surface area (Å²) in [4.78, 5) is 29.3. The van der Waals surface area contributed by atoms with Gasteiger partial charge in [0, 0.05) is 11.6 Å². The Morgan fingerprint density at radius 2 is 2.00 bits per heavy atom. The van der Waals surface area contributed by atoms with E-state index in [-0.39, 0.29) is 18.4 Å². The monoisotopic (exact) mass is 409 g/mol. The minimum Gasteiger partial charge on any atom is -0.463 e. The second-order valence-electron chi connectivity index (χ2n) is 6.80. The molecule has 0 fully saturated rings. The zero-order valence-electron chi connectivity index (χ0n) is 16.6. The molecule has 9 heteroatoms. The molecule has 4 rings (SSSR count). The lowest BCUT2D eigenvalue weighted by Gasteiger charge is -2.10.